The van der Waals surface area contributed by atoms with Crippen LogP contribution >= 0.6 is 0 Å². The maximum atomic E-state index is 12.7. The van der Waals surface area contributed by atoms with Crippen LogP contribution in [-0.4, -0.2) is 10.1 Å². The van der Waals surface area contributed by atoms with E-state index in [9.17, 15) is 9.50 Å². The van der Waals surface area contributed by atoms with Gasteiger partial charge in [-0.25, -0.2) is 4.39 Å². The molecule has 0 aliphatic carbocycles. The molecule has 0 spiro atoms. The number of halogens is 1. The fourth-order valence-corrected chi connectivity index (χ4v) is 1.72. The lowest BCUT2D eigenvalue weighted by molar-refractivity contribution is 0.177. The Morgan fingerprint density at radius 2 is 1.94 bits per heavy atom. The highest BCUT2D eigenvalue weighted by molar-refractivity contribution is 5.23. The molecule has 1 aromatic heterocycles. The van der Waals surface area contributed by atoms with Gasteiger partial charge in [0, 0.05) is 18.3 Å². The zero-order valence-electron chi connectivity index (χ0n) is 9.60. The minimum Gasteiger partial charge on any atom is -0.388 e. The van der Waals surface area contributed by atoms with Crippen molar-refractivity contribution in [2.45, 2.75) is 19.4 Å². The first-order chi connectivity index (χ1) is 8.16. The van der Waals surface area contributed by atoms with Crippen LogP contribution in [0.2, 0.25) is 0 Å². The van der Waals surface area contributed by atoms with E-state index in [1.807, 2.05) is 19.1 Å². The number of nitrogens with zero attached hydrogens (tertiary/aromatic N) is 1. The van der Waals surface area contributed by atoms with Crippen LogP contribution in [0.1, 0.15) is 22.9 Å². The fourth-order valence-electron chi connectivity index (χ4n) is 1.72. The van der Waals surface area contributed by atoms with Crippen LogP contribution in [0.4, 0.5) is 4.39 Å². The fraction of sp³-hybridized carbons (Fsp3) is 0.214. The largest absolute Gasteiger partial charge is 0.388 e. The molecule has 0 amide bonds. The van der Waals surface area contributed by atoms with Gasteiger partial charge in [0.2, 0.25) is 0 Å². The molecule has 1 aromatic carbocycles. The second-order valence-corrected chi connectivity index (χ2v) is 4.04. The lowest BCUT2D eigenvalue weighted by Crippen LogP contribution is -2.04. The van der Waals surface area contributed by atoms with Gasteiger partial charge < -0.3 is 5.11 Å². The molecule has 2 rings (SSSR count). The van der Waals surface area contributed by atoms with Crippen LogP contribution in [0.5, 0.6) is 0 Å². The third-order valence-corrected chi connectivity index (χ3v) is 2.76. The van der Waals surface area contributed by atoms with Gasteiger partial charge >= 0.3 is 0 Å². The highest BCUT2D eigenvalue weighted by atomic mass is 19.1. The second kappa shape index (κ2) is 5.06. The molecule has 17 heavy (non-hydrogen) atoms. The Kier molecular flexibility index (Phi) is 3.49. The standard InChI is InChI=1S/C14H14FNO/c1-10-3-2-8-16-13(10)9-14(17)11-4-6-12(15)7-5-11/h2-8,14,17H,9H2,1H3. The number of hydrogen-bond donors (Lipinski definition) is 1. The Bertz CT molecular complexity index is 496. The Morgan fingerprint density at radius 1 is 1.24 bits per heavy atom. The predicted molar refractivity (Wildman–Crippen MR) is 64.0 cm³/mol. The first-order valence-electron chi connectivity index (χ1n) is 5.51. The summed E-state index contributed by atoms with van der Waals surface area (Å²) in [6, 6.07) is 9.72. The number of aliphatic hydroxyl groups excluding tert-OH is 1. The number of aryl methyl sites for hydroxylation is 1. The van der Waals surface area contributed by atoms with E-state index in [4.69, 9.17) is 0 Å². The van der Waals surface area contributed by atoms with Crippen LogP contribution in [0.15, 0.2) is 42.6 Å². The molecule has 0 aliphatic rings. The van der Waals surface area contributed by atoms with E-state index in [0.29, 0.717) is 12.0 Å². The number of aromatic nitrogens is 1. The van der Waals surface area contributed by atoms with Crippen molar-refractivity contribution in [2.75, 3.05) is 0 Å². The topological polar surface area (TPSA) is 33.1 Å². The quantitative estimate of drug-likeness (QED) is 0.881. The van der Waals surface area contributed by atoms with Gasteiger partial charge in [-0.3, -0.25) is 4.98 Å². The van der Waals surface area contributed by atoms with Crippen molar-refractivity contribution >= 4 is 0 Å². The minimum absolute atomic E-state index is 0.296. The van der Waals surface area contributed by atoms with Gasteiger partial charge in [0.05, 0.1) is 6.10 Å². The van der Waals surface area contributed by atoms with Crippen LogP contribution < -0.4 is 0 Å². The zero-order valence-corrected chi connectivity index (χ0v) is 9.60. The average Bonchev–Trinajstić information content (AvgIpc) is 2.33. The monoisotopic (exact) mass is 231 g/mol. The molecule has 1 unspecified atom stereocenters. The third-order valence-electron chi connectivity index (χ3n) is 2.76. The maximum Gasteiger partial charge on any atom is 0.123 e. The highest BCUT2D eigenvalue weighted by Crippen LogP contribution is 2.19. The third kappa shape index (κ3) is 2.88. The van der Waals surface area contributed by atoms with E-state index in [2.05, 4.69) is 4.98 Å². The number of aliphatic hydroxyl groups is 1. The van der Waals surface area contributed by atoms with Gasteiger partial charge in [0.15, 0.2) is 0 Å². The van der Waals surface area contributed by atoms with Gasteiger partial charge in [-0.05, 0) is 36.2 Å². The van der Waals surface area contributed by atoms with Crippen molar-refractivity contribution in [3.8, 4) is 0 Å². The average molecular weight is 231 g/mol. The molecule has 3 heteroatoms. The molecule has 2 aromatic rings. The summed E-state index contributed by atoms with van der Waals surface area (Å²) in [4.78, 5) is 4.23. The summed E-state index contributed by atoms with van der Waals surface area (Å²) in [6.45, 7) is 1.96. The number of hydrogen-bond acceptors (Lipinski definition) is 2. The molecular formula is C14H14FNO. The van der Waals surface area contributed by atoms with Crippen LogP contribution in [-0.2, 0) is 6.42 Å². The molecule has 0 bridgehead atoms. The molecule has 2 nitrogen and oxygen atoms in total. The summed E-state index contributed by atoms with van der Waals surface area (Å²) >= 11 is 0. The van der Waals surface area contributed by atoms with Crippen molar-refractivity contribution in [3.63, 3.8) is 0 Å². The summed E-state index contributed by atoms with van der Waals surface area (Å²) < 4.78 is 12.7. The molecule has 0 aliphatic heterocycles. The van der Waals surface area contributed by atoms with Crippen LogP contribution in [0.3, 0.4) is 0 Å². The van der Waals surface area contributed by atoms with Gasteiger partial charge in [-0.2, -0.15) is 0 Å². The van der Waals surface area contributed by atoms with E-state index >= 15 is 0 Å². The molecule has 0 saturated heterocycles. The Morgan fingerprint density at radius 3 is 2.59 bits per heavy atom. The Labute approximate surface area is 99.8 Å². The van der Waals surface area contributed by atoms with E-state index in [1.165, 1.54) is 12.1 Å². The normalized spacial score (nSPS) is 12.4. The van der Waals surface area contributed by atoms with Gasteiger partial charge in [0.25, 0.3) is 0 Å². The van der Waals surface area contributed by atoms with Crippen molar-refractivity contribution in [1.29, 1.82) is 0 Å². The molecular weight excluding hydrogens is 217 g/mol. The SMILES string of the molecule is Cc1cccnc1CC(O)c1ccc(F)cc1. The van der Waals surface area contributed by atoms with E-state index in [-0.39, 0.29) is 5.82 Å². The zero-order chi connectivity index (χ0) is 12.3. The molecule has 1 heterocycles. The van der Waals surface area contributed by atoms with Crippen molar-refractivity contribution in [3.05, 3.63) is 65.2 Å². The van der Waals surface area contributed by atoms with E-state index in [0.717, 1.165) is 11.3 Å². The summed E-state index contributed by atoms with van der Waals surface area (Å²) in [5.74, 6) is -0.296. The summed E-state index contributed by atoms with van der Waals surface area (Å²) in [5, 5.41) is 10.0. The molecule has 1 atom stereocenters. The molecule has 0 saturated carbocycles. The first kappa shape index (κ1) is 11.7. The van der Waals surface area contributed by atoms with Gasteiger partial charge in [-0.1, -0.05) is 18.2 Å². The number of benzene rings is 1. The lowest BCUT2D eigenvalue weighted by Gasteiger charge is -2.11. The smallest absolute Gasteiger partial charge is 0.123 e. The first-order valence-corrected chi connectivity index (χ1v) is 5.51. The summed E-state index contributed by atoms with van der Waals surface area (Å²) in [6.07, 6.45) is 1.50. The molecule has 88 valence electrons. The van der Waals surface area contributed by atoms with E-state index < -0.39 is 6.10 Å². The maximum absolute atomic E-state index is 12.7. The molecule has 0 fully saturated rings. The summed E-state index contributed by atoms with van der Waals surface area (Å²) in [7, 11) is 0. The van der Waals surface area contributed by atoms with Gasteiger partial charge in [-0.15, -0.1) is 0 Å². The Hall–Kier alpha value is -1.74. The van der Waals surface area contributed by atoms with Crippen LogP contribution in [0, 0.1) is 12.7 Å². The van der Waals surface area contributed by atoms with Crippen molar-refractivity contribution in [1.82, 2.24) is 4.98 Å². The van der Waals surface area contributed by atoms with Crippen LogP contribution in [0.25, 0.3) is 0 Å². The predicted octanol–water partition coefficient (Wildman–Crippen LogP) is 2.81. The minimum atomic E-state index is -0.649. The molecule has 0 radical (unpaired) electrons. The second-order valence-electron chi connectivity index (χ2n) is 4.04. The van der Waals surface area contributed by atoms with Gasteiger partial charge in [0.1, 0.15) is 5.82 Å². The number of pyridine rings is 1. The van der Waals surface area contributed by atoms with E-state index in [1.54, 1.807) is 18.3 Å². The highest BCUT2D eigenvalue weighted by Gasteiger charge is 2.10. The number of rotatable bonds is 3. The summed E-state index contributed by atoms with van der Waals surface area (Å²) in [5.41, 5.74) is 2.62. The molecule has 1 N–H and O–H groups in total. The van der Waals surface area contributed by atoms with Crippen molar-refractivity contribution in [2.24, 2.45) is 0 Å². The van der Waals surface area contributed by atoms with Crippen molar-refractivity contribution < 1.29 is 9.50 Å². The Balaban J connectivity index is 2.14. The lowest BCUT2D eigenvalue weighted by atomic mass is 10.0.